The Bertz CT molecular complexity index is 704. The standard InChI is InChI=1S/C18H22N4O3/c23-18(15-6-11-24-13-15)22-9-7-21(8-10-22)12-16-19-17(20-25-16)14-4-2-1-3-5-14/h1-5,15H,6-13H2/t15-/m1/s1. The first-order valence-electron chi connectivity index (χ1n) is 8.76. The van der Waals surface area contributed by atoms with Gasteiger partial charge in [-0.2, -0.15) is 4.98 Å². The molecule has 2 aliphatic heterocycles. The van der Waals surface area contributed by atoms with E-state index in [1.54, 1.807) is 0 Å². The molecule has 2 fully saturated rings. The molecule has 0 unspecified atom stereocenters. The van der Waals surface area contributed by atoms with Gasteiger partial charge < -0.3 is 14.2 Å². The van der Waals surface area contributed by atoms with Crippen LogP contribution in [0, 0.1) is 5.92 Å². The zero-order chi connectivity index (χ0) is 17.1. The number of piperazine rings is 1. The number of benzene rings is 1. The lowest BCUT2D eigenvalue weighted by atomic mass is 10.1. The number of hydrogen-bond donors (Lipinski definition) is 0. The number of amides is 1. The second-order valence-electron chi connectivity index (χ2n) is 6.54. The van der Waals surface area contributed by atoms with Crippen LogP contribution < -0.4 is 0 Å². The zero-order valence-corrected chi connectivity index (χ0v) is 14.1. The fourth-order valence-corrected chi connectivity index (χ4v) is 3.33. The molecule has 0 spiro atoms. The van der Waals surface area contributed by atoms with Gasteiger partial charge in [0.1, 0.15) is 0 Å². The summed E-state index contributed by atoms with van der Waals surface area (Å²) in [6.45, 7) is 5.03. The van der Waals surface area contributed by atoms with Crippen LogP contribution in [0.2, 0.25) is 0 Å². The van der Waals surface area contributed by atoms with Crippen molar-refractivity contribution in [2.45, 2.75) is 13.0 Å². The van der Waals surface area contributed by atoms with Crippen LogP contribution in [0.25, 0.3) is 11.4 Å². The minimum absolute atomic E-state index is 0.0518. The maximum atomic E-state index is 12.4. The summed E-state index contributed by atoms with van der Waals surface area (Å²) in [6, 6.07) is 9.80. The smallest absolute Gasteiger partial charge is 0.241 e. The molecule has 7 nitrogen and oxygen atoms in total. The van der Waals surface area contributed by atoms with E-state index < -0.39 is 0 Å². The topological polar surface area (TPSA) is 71.7 Å². The van der Waals surface area contributed by atoms with Crippen molar-refractivity contribution in [3.05, 3.63) is 36.2 Å². The van der Waals surface area contributed by atoms with Crippen molar-refractivity contribution in [2.75, 3.05) is 39.4 Å². The van der Waals surface area contributed by atoms with Crippen molar-refractivity contribution in [3.8, 4) is 11.4 Å². The number of aromatic nitrogens is 2. The largest absolute Gasteiger partial charge is 0.381 e. The quantitative estimate of drug-likeness (QED) is 0.837. The second-order valence-corrected chi connectivity index (χ2v) is 6.54. The molecule has 1 amide bonds. The molecule has 0 bridgehead atoms. The van der Waals surface area contributed by atoms with Gasteiger partial charge in [0.25, 0.3) is 0 Å². The SMILES string of the molecule is O=C([C@@H]1CCOC1)N1CCN(Cc2nc(-c3ccccc3)no2)CC1. The van der Waals surface area contributed by atoms with E-state index in [1.807, 2.05) is 35.2 Å². The third kappa shape index (κ3) is 3.72. The van der Waals surface area contributed by atoms with Gasteiger partial charge in [-0.3, -0.25) is 9.69 Å². The van der Waals surface area contributed by atoms with Gasteiger partial charge in [0.05, 0.1) is 19.1 Å². The van der Waals surface area contributed by atoms with Crippen molar-refractivity contribution in [1.29, 1.82) is 0 Å². The molecule has 4 rings (SSSR count). The number of hydrogen-bond acceptors (Lipinski definition) is 6. The van der Waals surface area contributed by atoms with E-state index in [1.165, 1.54) is 0 Å². The summed E-state index contributed by atoms with van der Waals surface area (Å²) < 4.78 is 10.7. The Labute approximate surface area is 146 Å². The Kier molecular flexibility index (Phi) is 4.76. The molecule has 132 valence electrons. The Hall–Kier alpha value is -2.25. The highest BCUT2D eigenvalue weighted by Crippen LogP contribution is 2.18. The first kappa shape index (κ1) is 16.2. The molecule has 7 heteroatoms. The monoisotopic (exact) mass is 342 g/mol. The van der Waals surface area contributed by atoms with Gasteiger partial charge in [-0.05, 0) is 6.42 Å². The van der Waals surface area contributed by atoms with E-state index in [9.17, 15) is 4.79 Å². The van der Waals surface area contributed by atoms with Crippen molar-refractivity contribution in [1.82, 2.24) is 19.9 Å². The lowest BCUT2D eigenvalue weighted by molar-refractivity contribution is -0.137. The van der Waals surface area contributed by atoms with Gasteiger partial charge in [-0.15, -0.1) is 0 Å². The van der Waals surface area contributed by atoms with Crippen molar-refractivity contribution in [2.24, 2.45) is 5.92 Å². The number of nitrogens with zero attached hydrogens (tertiary/aromatic N) is 4. The molecule has 2 aromatic rings. The number of ether oxygens (including phenoxy) is 1. The third-order valence-electron chi connectivity index (χ3n) is 4.82. The third-order valence-corrected chi connectivity index (χ3v) is 4.82. The normalized spacial score (nSPS) is 21.6. The highest BCUT2D eigenvalue weighted by atomic mass is 16.5. The summed E-state index contributed by atoms with van der Waals surface area (Å²) in [7, 11) is 0. The minimum Gasteiger partial charge on any atom is -0.381 e. The predicted octanol–water partition coefficient (Wildman–Crippen LogP) is 1.42. The molecule has 1 atom stereocenters. The fourth-order valence-electron chi connectivity index (χ4n) is 3.33. The highest BCUT2D eigenvalue weighted by molar-refractivity contribution is 5.79. The zero-order valence-electron chi connectivity index (χ0n) is 14.1. The Balaban J connectivity index is 1.30. The molecule has 25 heavy (non-hydrogen) atoms. The van der Waals surface area contributed by atoms with Crippen LogP contribution >= 0.6 is 0 Å². The molecule has 2 saturated heterocycles. The molecular formula is C18H22N4O3. The Morgan fingerprint density at radius 1 is 1.16 bits per heavy atom. The van der Waals surface area contributed by atoms with Crippen LogP contribution in [-0.2, 0) is 16.1 Å². The molecule has 1 aromatic heterocycles. The second kappa shape index (κ2) is 7.33. The summed E-state index contributed by atoms with van der Waals surface area (Å²) >= 11 is 0. The van der Waals surface area contributed by atoms with Crippen LogP contribution in [0.3, 0.4) is 0 Å². The average molecular weight is 342 g/mol. The van der Waals surface area contributed by atoms with Crippen LogP contribution in [-0.4, -0.2) is 65.2 Å². The molecule has 0 radical (unpaired) electrons. The maximum absolute atomic E-state index is 12.4. The van der Waals surface area contributed by atoms with Crippen LogP contribution in [0.15, 0.2) is 34.9 Å². The summed E-state index contributed by atoms with van der Waals surface area (Å²) in [5.41, 5.74) is 0.951. The first-order chi connectivity index (χ1) is 12.3. The van der Waals surface area contributed by atoms with E-state index in [2.05, 4.69) is 15.0 Å². The highest BCUT2D eigenvalue weighted by Gasteiger charge is 2.30. The maximum Gasteiger partial charge on any atom is 0.241 e. The van der Waals surface area contributed by atoms with Gasteiger partial charge >= 0.3 is 0 Å². The van der Waals surface area contributed by atoms with Gasteiger partial charge in [0.2, 0.25) is 17.6 Å². The minimum atomic E-state index is 0.0518. The van der Waals surface area contributed by atoms with Crippen molar-refractivity contribution in [3.63, 3.8) is 0 Å². The van der Waals surface area contributed by atoms with Gasteiger partial charge in [-0.25, -0.2) is 0 Å². The summed E-state index contributed by atoms with van der Waals surface area (Å²) in [6.07, 6.45) is 0.850. The number of rotatable bonds is 4. The Morgan fingerprint density at radius 2 is 1.96 bits per heavy atom. The number of carbonyl (C=O) groups is 1. The molecular weight excluding hydrogens is 320 g/mol. The molecule has 0 saturated carbocycles. The van der Waals surface area contributed by atoms with E-state index in [0.717, 1.165) is 38.2 Å². The molecule has 3 heterocycles. The van der Waals surface area contributed by atoms with Crippen molar-refractivity contribution < 1.29 is 14.1 Å². The van der Waals surface area contributed by atoms with E-state index in [4.69, 9.17) is 9.26 Å². The van der Waals surface area contributed by atoms with Gasteiger partial charge in [0, 0.05) is 38.3 Å². The molecule has 0 aliphatic carbocycles. The summed E-state index contributed by atoms with van der Waals surface area (Å²) in [4.78, 5) is 21.1. The first-order valence-corrected chi connectivity index (χ1v) is 8.76. The molecule has 2 aliphatic rings. The lowest BCUT2D eigenvalue weighted by Gasteiger charge is -2.35. The molecule has 0 N–H and O–H groups in total. The summed E-state index contributed by atoms with van der Waals surface area (Å²) in [5, 5.41) is 4.06. The van der Waals surface area contributed by atoms with E-state index >= 15 is 0 Å². The van der Waals surface area contributed by atoms with E-state index in [0.29, 0.717) is 31.5 Å². The van der Waals surface area contributed by atoms with Crippen LogP contribution in [0.1, 0.15) is 12.3 Å². The Morgan fingerprint density at radius 3 is 2.68 bits per heavy atom. The van der Waals surface area contributed by atoms with Gasteiger partial charge in [-0.1, -0.05) is 35.5 Å². The summed E-state index contributed by atoms with van der Waals surface area (Å²) in [5.74, 6) is 1.52. The average Bonchev–Trinajstić information content (AvgIpc) is 3.35. The number of carbonyl (C=O) groups excluding carboxylic acids is 1. The predicted molar refractivity (Wildman–Crippen MR) is 90.5 cm³/mol. The van der Waals surface area contributed by atoms with E-state index in [-0.39, 0.29) is 11.8 Å². The van der Waals surface area contributed by atoms with Crippen LogP contribution in [0.5, 0.6) is 0 Å². The van der Waals surface area contributed by atoms with Crippen LogP contribution in [0.4, 0.5) is 0 Å². The lowest BCUT2D eigenvalue weighted by Crippen LogP contribution is -2.50. The fraction of sp³-hybridized carbons (Fsp3) is 0.500. The van der Waals surface area contributed by atoms with Gasteiger partial charge in [0.15, 0.2) is 0 Å². The van der Waals surface area contributed by atoms with Crippen molar-refractivity contribution >= 4 is 5.91 Å². The molecule has 1 aromatic carbocycles.